The fourth-order valence-electron chi connectivity index (χ4n) is 2.13. The zero-order chi connectivity index (χ0) is 14.1. The monoisotopic (exact) mass is 289 g/mol. The molecule has 1 amide bonds. The fraction of sp³-hybridized carbons (Fsp3) is 0.143. The number of nitrogens with zero attached hydrogens (tertiary/aromatic N) is 1. The standard InChI is InChI=1S/C14H12ClN3O2/c1-8-5-12(18-20-8)17-13(19)6-9-7-16-11-4-2-3-10(15)14(9)11/h2-5,7,16H,6H2,1H3,(H,17,18,19). The van der Waals surface area contributed by atoms with E-state index in [2.05, 4.69) is 15.5 Å². The van der Waals surface area contributed by atoms with Crippen molar-refractivity contribution in [2.24, 2.45) is 0 Å². The van der Waals surface area contributed by atoms with Gasteiger partial charge >= 0.3 is 0 Å². The van der Waals surface area contributed by atoms with Crippen molar-refractivity contribution in [3.05, 3.63) is 46.8 Å². The van der Waals surface area contributed by atoms with Crippen LogP contribution in [0.25, 0.3) is 10.9 Å². The molecule has 5 nitrogen and oxygen atoms in total. The van der Waals surface area contributed by atoms with Gasteiger partial charge in [-0.05, 0) is 24.6 Å². The van der Waals surface area contributed by atoms with E-state index in [9.17, 15) is 4.79 Å². The molecule has 2 N–H and O–H groups in total. The van der Waals surface area contributed by atoms with Gasteiger partial charge < -0.3 is 14.8 Å². The van der Waals surface area contributed by atoms with Gasteiger partial charge in [-0.1, -0.05) is 22.8 Å². The summed E-state index contributed by atoms with van der Waals surface area (Å²) >= 11 is 6.17. The van der Waals surface area contributed by atoms with E-state index in [4.69, 9.17) is 16.1 Å². The highest BCUT2D eigenvalue weighted by Crippen LogP contribution is 2.26. The van der Waals surface area contributed by atoms with Crippen LogP contribution in [-0.4, -0.2) is 16.0 Å². The Bertz CT molecular complexity index is 776. The third-order valence-corrected chi connectivity index (χ3v) is 3.30. The second-order valence-corrected chi connectivity index (χ2v) is 4.93. The lowest BCUT2D eigenvalue weighted by Gasteiger charge is -2.01. The second kappa shape index (κ2) is 5.02. The summed E-state index contributed by atoms with van der Waals surface area (Å²) in [5.74, 6) is 0.896. The van der Waals surface area contributed by atoms with Crippen molar-refractivity contribution in [1.82, 2.24) is 10.1 Å². The molecule has 2 aromatic heterocycles. The molecule has 0 aliphatic carbocycles. The Labute approximate surface area is 119 Å². The number of rotatable bonds is 3. The molecule has 0 fully saturated rings. The van der Waals surface area contributed by atoms with Crippen molar-refractivity contribution in [3.8, 4) is 0 Å². The molecule has 3 rings (SSSR count). The third-order valence-electron chi connectivity index (χ3n) is 2.98. The quantitative estimate of drug-likeness (QED) is 0.777. The van der Waals surface area contributed by atoms with Crippen LogP contribution in [0.15, 0.2) is 35.0 Å². The van der Waals surface area contributed by atoms with Crippen molar-refractivity contribution >= 4 is 34.2 Å². The zero-order valence-electron chi connectivity index (χ0n) is 10.7. The molecule has 6 heteroatoms. The van der Waals surface area contributed by atoms with Gasteiger partial charge in [-0.15, -0.1) is 0 Å². The Morgan fingerprint density at radius 1 is 1.50 bits per heavy atom. The predicted molar refractivity (Wildman–Crippen MR) is 76.9 cm³/mol. The van der Waals surface area contributed by atoms with Crippen molar-refractivity contribution in [2.45, 2.75) is 13.3 Å². The number of carbonyl (C=O) groups excluding carboxylic acids is 1. The molecular formula is C14H12ClN3O2. The molecule has 2 heterocycles. The summed E-state index contributed by atoms with van der Waals surface area (Å²) in [4.78, 5) is 15.1. The Morgan fingerprint density at radius 3 is 3.10 bits per heavy atom. The Kier molecular flexibility index (Phi) is 3.20. The van der Waals surface area contributed by atoms with E-state index >= 15 is 0 Å². The average Bonchev–Trinajstić information content (AvgIpc) is 2.97. The number of carbonyl (C=O) groups is 1. The molecule has 0 unspecified atom stereocenters. The number of aryl methyl sites for hydroxylation is 1. The first kappa shape index (κ1) is 12.7. The largest absolute Gasteiger partial charge is 0.361 e. The Morgan fingerprint density at radius 2 is 2.35 bits per heavy atom. The molecule has 102 valence electrons. The SMILES string of the molecule is Cc1cc(NC(=O)Cc2c[nH]c3cccc(Cl)c23)no1. The first-order chi connectivity index (χ1) is 9.63. The number of H-pyrrole nitrogens is 1. The first-order valence-corrected chi connectivity index (χ1v) is 6.49. The number of aromatic amines is 1. The van der Waals surface area contributed by atoms with E-state index in [1.165, 1.54) is 0 Å². The van der Waals surface area contributed by atoms with Crippen LogP contribution in [0.1, 0.15) is 11.3 Å². The molecular weight excluding hydrogens is 278 g/mol. The van der Waals surface area contributed by atoms with Crippen LogP contribution in [0, 0.1) is 6.92 Å². The average molecular weight is 290 g/mol. The van der Waals surface area contributed by atoms with E-state index in [1.54, 1.807) is 25.3 Å². The van der Waals surface area contributed by atoms with Crippen molar-refractivity contribution < 1.29 is 9.32 Å². The highest BCUT2D eigenvalue weighted by molar-refractivity contribution is 6.35. The van der Waals surface area contributed by atoms with Crippen molar-refractivity contribution in [2.75, 3.05) is 5.32 Å². The summed E-state index contributed by atoms with van der Waals surface area (Å²) in [7, 11) is 0. The summed E-state index contributed by atoms with van der Waals surface area (Å²) in [6, 6.07) is 7.26. The van der Waals surface area contributed by atoms with Gasteiger partial charge in [-0.3, -0.25) is 4.79 Å². The van der Waals surface area contributed by atoms with E-state index in [1.807, 2.05) is 12.1 Å². The number of nitrogens with one attached hydrogen (secondary N) is 2. The molecule has 0 saturated carbocycles. The van der Waals surface area contributed by atoms with Gasteiger partial charge in [0.2, 0.25) is 5.91 Å². The normalized spacial score (nSPS) is 10.9. The number of amides is 1. The van der Waals surface area contributed by atoms with Crippen LogP contribution in [0.2, 0.25) is 5.02 Å². The van der Waals surface area contributed by atoms with Crippen LogP contribution in [0.3, 0.4) is 0 Å². The molecule has 0 radical (unpaired) electrons. The summed E-state index contributed by atoms with van der Waals surface area (Å²) in [6.07, 6.45) is 2.01. The predicted octanol–water partition coefficient (Wildman–Crippen LogP) is 3.30. The molecule has 0 aliphatic rings. The van der Waals surface area contributed by atoms with Crippen molar-refractivity contribution in [1.29, 1.82) is 0 Å². The Hall–Kier alpha value is -2.27. The van der Waals surface area contributed by atoms with Gasteiger partial charge in [0.1, 0.15) is 5.76 Å². The number of hydrogen-bond acceptors (Lipinski definition) is 3. The molecule has 3 aromatic rings. The number of hydrogen-bond donors (Lipinski definition) is 2. The molecule has 0 aliphatic heterocycles. The van der Waals surface area contributed by atoms with Gasteiger partial charge in [-0.25, -0.2) is 0 Å². The highest BCUT2D eigenvalue weighted by atomic mass is 35.5. The topological polar surface area (TPSA) is 70.9 Å². The zero-order valence-corrected chi connectivity index (χ0v) is 11.5. The number of halogens is 1. The fourth-order valence-corrected chi connectivity index (χ4v) is 2.43. The maximum absolute atomic E-state index is 12.0. The molecule has 1 aromatic carbocycles. The lowest BCUT2D eigenvalue weighted by molar-refractivity contribution is -0.115. The van der Waals surface area contributed by atoms with Gasteiger partial charge in [0, 0.05) is 23.2 Å². The highest BCUT2D eigenvalue weighted by Gasteiger charge is 2.12. The molecule has 0 spiro atoms. The molecule has 0 bridgehead atoms. The van der Waals surface area contributed by atoms with Crippen LogP contribution in [-0.2, 0) is 11.2 Å². The van der Waals surface area contributed by atoms with Crippen LogP contribution in [0.4, 0.5) is 5.82 Å². The van der Waals surface area contributed by atoms with Crippen LogP contribution >= 0.6 is 11.6 Å². The number of benzene rings is 1. The minimum Gasteiger partial charge on any atom is -0.361 e. The van der Waals surface area contributed by atoms with E-state index in [-0.39, 0.29) is 12.3 Å². The van der Waals surface area contributed by atoms with Crippen molar-refractivity contribution in [3.63, 3.8) is 0 Å². The summed E-state index contributed by atoms with van der Waals surface area (Å²) in [5.41, 5.74) is 1.76. The molecule has 0 saturated heterocycles. The summed E-state index contributed by atoms with van der Waals surface area (Å²) < 4.78 is 4.90. The maximum Gasteiger partial charge on any atom is 0.230 e. The minimum absolute atomic E-state index is 0.167. The number of aromatic nitrogens is 2. The van der Waals surface area contributed by atoms with Gasteiger partial charge in [-0.2, -0.15) is 0 Å². The molecule has 20 heavy (non-hydrogen) atoms. The number of anilines is 1. The maximum atomic E-state index is 12.0. The smallest absolute Gasteiger partial charge is 0.230 e. The number of fused-ring (bicyclic) bond motifs is 1. The van der Waals surface area contributed by atoms with Gasteiger partial charge in [0.05, 0.1) is 11.4 Å². The first-order valence-electron chi connectivity index (χ1n) is 6.11. The van der Waals surface area contributed by atoms with E-state index in [0.717, 1.165) is 16.5 Å². The van der Waals surface area contributed by atoms with Crippen LogP contribution < -0.4 is 5.32 Å². The lowest BCUT2D eigenvalue weighted by atomic mass is 10.1. The third kappa shape index (κ3) is 2.40. The lowest BCUT2D eigenvalue weighted by Crippen LogP contribution is -2.14. The Balaban J connectivity index is 1.81. The van der Waals surface area contributed by atoms with Gasteiger partial charge in [0.25, 0.3) is 0 Å². The van der Waals surface area contributed by atoms with E-state index < -0.39 is 0 Å². The summed E-state index contributed by atoms with van der Waals surface area (Å²) in [6.45, 7) is 1.77. The molecule has 0 atom stereocenters. The minimum atomic E-state index is -0.167. The second-order valence-electron chi connectivity index (χ2n) is 4.52. The van der Waals surface area contributed by atoms with E-state index in [0.29, 0.717) is 16.6 Å². The summed E-state index contributed by atoms with van der Waals surface area (Å²) in [5, 5.41) is 7.91. The van der Waals surface area contributed by atoms with Crippen LogP contribution in [0.5, 0.6) is 0 Å². The van der Waals surface area contributed by atoms with Gasteiger partial charge in [0.15, 0.2) is 5.82 Å².